The Morgan fingerprint density at radius 1 is 1.17 bits per heavy atom. The Morgan fingerprint density at radius 3 is 2.73 bits per heavy atom. The molecule has 156 valence electrons. The van der Waals surface area contributed by atoms with Crippen LogP contribution in [0.25, 0.3) is 12.2 Å². The van der Waals surface area contributed by atoms with E-state index in [1.54, 1.807) is 18.2 Å². The highest BCUT2D eigenvalue weighted by molar-refractivity contribution is 6.30. The van der Waals surface area contributed by atoms with Gasteiger partial charge in [-0.25, -0.2) is 4.39 Å². The van der Waals surface area contributed by atoms with Crippen LogP contribution in [0.5, 0.6) is 0 Å². The molecule has 0 saturated carbocycles. The molecule has 2 aliphatic rings. The predicted molar refractivity (Wildman–Crippen MR) is 117 cm³/mol. The fourth-order valence-corrected chi connectivity index (χ4v) is 3.75. The van der Waals surface area contributed by atoms with Crippen LogP contribution in [0.1, 0.15) is 17.7 Å². The second-order valence-electron chi connectivity index (χ2n) is 7.29. The number of hydrogen-bond donors (Lipinski definition) is 2. The first-order valence-corrected chi connectivity index (χ1v) is 10.2. The van der Waals surface area contributed by atoms with Gasteiger partial charge in [-0.1, -0.05) is 17.7 Å². The molecule has 2 N–H and O–H groups in total. The fraction of sp³-hybridized carbons (Fsp3) is 0.273. The topological polar surface area (TPSA) is 68.4 Å². The SMILES string of the molecule is O=C(CNC1=Cc2ccc(=O)[nH]c2C=CC1)N1CCN(c2ccc(Cl)c(F)c2)CC1. The highest BCUT2D eigenvalue weighted by Crippen LogP contribution is 2.23. The number of benzene rings is 1. The Morgan fingerprint density at radius 2 is 1.97 bits per heavy atom. The van der Waals surface area contributed by atoms with Gasteiger partial charge in [0.1, 0.15) is 5.82 Å². The molecule has 1 saturated heterocycles. The molecule has 1 amide bonds. The van der Waals surface area contributed by atoms with Gasteiger partial charge in [0.25, 0.3) is 0 Å². The van der Waals surface area contributed by atoms with E-state index < -0.39 is 5.82 Å². The molecule has 1 aliphatic carbocycles. The van der Waals surface area contributed by atoms with E-state index in [1.807, 2.05) is 28.0 Å². The zero-order chi connectivity index (χ0) is 21.1. The van der Waals surface area contributed by atoms with Crippen molar-refractivity contribution in [1.82, 2.24) is 15.2 Å². The summed E-state index contributed by atoms with van der Waals surface area (Å²) in [5.74, 6) is -0.416. The number of nitrogens with zero attached hydrogens (tertiary/aromatic N) is 2. The molecular weight excluding hydrogens is 407 g/mol. The minimum Gasteiger partial charge on any atom is -0.379 e. The lowest BCUT2D eigenvalue weighted by Gasteiger charge is -2.36. The molecule has 0 bridgehead atoms. The summed E-state index contributed by atoms with van der Waals surface area (Å²) >= 11 is 5.75. The number of fused-ring (bicyclic) bond motifs is 1. The highest BCUT2D eigenvalue weighted by atomic mass is 35.5. The fourth-order valence-electron chi connectivity index (χ4n) is 3.64. The van der Waals surface area contributed by atoms with E-state index in [0.717, 1.165) is 22.6 Å². The average molecular weight is 429 g/mol. The maximum Gasteiger partial charge on any atom is 0.248 e. The molecule has 2 aromatic rings. The van der Waals surface area contributed by atoms with Gasteiger partial charge in [-0.15, -0.1) is 0 Å². The molecule has 1 aromatic carbocycles. The summed E-state index contributed by atoms with van der Waals surface area (Å²) in [5, 5.41) is 3.33. The van der Waals surface area contributed by atoms with Gasteiger partial charge in [0.2, 0.25) is 11.5 Å². The zero-order valence-corrected chi connectivity index (χ0v) is 17.1. The normalized spacial score (nSPS) is 16.0. The van der Waals surface area contributed by atoms with Crippen LogP contribution in [0, 0.1) is 5.82 Å². The van der Waals surface area contributed by atoms with Crippen molar-refractivity contribution in [2.24, 2.45) is 0 Å². The van der Waals surface area contributed by atoms with Gasteiger partial charge in [-0.3, -0.25) is 9.59 Å². The van der Waals surface area contributed by atoms with E-state index in [4.69, 9.17) is 11.6 Å². The van der Waals surface area contributed by atoms with Gasteiger partial charge in [0, 0.05) is 55.7 Å². The molecule has 1 fully saturated rings. The molecule has 30 heavy (non-hydrogen) atoms. The molecule has 1 aliphatic heterocycles. The van der Waals surface area contributed by atoms with E-state index in [2.05, 4.69) is 10.3 Å². The molecule has 0 atom stereocenters. The number of aromatic nitrogens is 1. The van der Waals surface area contributed by atoms with Crippen LogP contribution in [-0.2, 0) is 4.79 Å². The zero-order valence-electron chi connectivity index (χ0n) is 16.3. The van der Waals surface area contributed by atoms with E-state index >= 15 is 0 Å². The van der Waals surface area contributed by atoms with Gasteiger partial charge in [0.05, 0.1) is 11.6 Å². The first-order chi connectivity index (χ1) is 14.5. The van der Waals surface area contributed by atoms with Gasteiger partial charge in [-0.2, -0.15) is 0 Å². The summed E-state index contributed by atoms with van der Waals surface area (Å²) < 4.78 is 13.7. The summed E-state index contributed by atoms with van der Waals surface area (Å²) in [4.78, 5) is 30.8. The lowest BCUT2D eigenvalue weighted by Crippen LogP contribution is -2.50. The number of carbonyl (C=O) groups is 1. The Kier molecular flexibility index (Phi) is 5.90. The highest BCUT2D eigenvalue weighted by Gasteiger charge is 2.22. The third-order valence-electron chi connectivity index (χ3n) is 5.30. The number of rotatable bonds is 4. The Hall–Kier alpha value is -3.06. The number of pyridine rings is 1. The van der Waals surface area contributed by atoms with E-state index in [-0.39, 0.29) is 23.0 Å². The summed E-state index contributed by atoms with van der Waals surface area (Å²) in [6.07, 6.45) is 6.43. The number of amides is 1. The van der Waals surface area contributed by atoms with Crippen molar-refractivity contribution in [2.45, 2.75) is 6.42 Å². The summed E-state index contributed by atoms with van der Waals surface area (Å²) in [6.45, 7) is 2.63. The third-order valence-corrected chi connectivity index (χ3v) is 5.61. The van der Waals surface area contributed by atoms with Crippen LogP contribution >= 0.6 is 11.6 Å². The van der Waals surface area contributed by atoms with Crippen LogP contribution in [-0.4, -0.2) is 48.5 Å². The van der Waals surface area contributed by atoms with E-state index in [0.29, 0.717) is 32.6 Å². The molecule has 2 heterocycles. The minimum absolute atomic E-state index is 0.0211. The van der Waals surface area contributed by atoms with Gasteiger partial charge >= 0.3 is 0 Å². The van der Waals surface area contributed by atoms with Crippen molar-refractivity contribution in [2.75, 3.05) is 37.6 Å². The summed E-state index contributed by atoms with van der Waals surface area (Å²) in [6, 6.07) is 8.03. The molecule has 0 spiro atoms. The maximum absolute atomic E-state index is 13.7. The monoisotopic (exact) mass is 428 g/mol. The number of hydrogen-bond acceptors (Lipinski definition) is 4. The van der Waals surface area contributed by atoms with Crippen molar-refractivity contribution in [3.8, 4) is 0 Å². The third kappa shape index (κ3) is 4.57. The van der Waals surface area contributed by atoms with Crippen molar-refractivity contribution in [1.29, 1.82) is 0 Å². The lowest BCUT2D eigenvalue weighted by atomic mass is 10.2. The lowest BCUT2D eigenvalue weighted by molar-refractivity contribution is -0.130. The number of halogens is 2. The molecule has 1 aromatic heterocycles. The smallest absolute Gasteiger partial charge is 0.248 e. The number of allylic oxidation sites excluding steroid dienone is 1. The second kappa shape index (κ2) is 8.75. The predicted octanol–water partition coefficient (Wildman–Crippen LogP) is 2.86. The maximum atomic E-state index is 13.7. The number of anilines is 1. The van der Waals surface area contributed by atoms with Crippen molar-refractivity contribution >= 4 is 35.3 Å². The second-order valence-corrected chi connectivity index (χ2v) is 7.69. The molecule has 8 heteroatoms. The molecule has 0 unspecified atom stereocenters. The van der Waals surface area contributed by atoms with Gasteiger partial charge in [-0.05, 0) is 42.0 Å². The van der Waals surface area contributed by atoms with Crippen molar-refractivity contribution < 1.29 is 9.18 Å². The number of piperazine rings is 1. The van der Waals surface area contributed by atoms with Gasteiger partial charge in [0.15, 0.2) is 0 Å². The van der Waals surface area contributed by atoms with Crippen LogP contribution < -0.4 is 15.8 Å². The first-order valence-electron chi connectivity index (χ1n) is 9.82. The summed E-state index contributed by atoms with van der Waals surface area (Å²) in [5.41, 5.74) is 3.22. The van der Waals surface area contributed by atoms with Crippen molar-refractivity contribution in [3.63, 3.8) is 0 Å². The Labute approximate surface area is 178 Å². The number of nitrogens with one attached hydrogen (secondary N) is 2. The standard InChI is InChI=1S/C22H22ClFN4O2/c23-18-6-5-17(13-19(18)24)27-8-10-28(11-9-27)22(30)14-25-16-2-1-3-20-15(12-16)4-7-21(29)26-20/h1,3-7,12-13,25H,2,8-11,14H2,(H,26,29). The minimum atomic E-state index is -0.437. The Bertz CT molecular complexity index is 1070. The van der Waals surface area contributed by atoms with E-state index in [1.165, 1.54) is 12.1 Å². The van der Waals surface area contributed by atoms with Crippen LogP contribution in [0.4, 0.5) is 10.1 Å². The largest absolute Gasteiger partial charge is 0.379 e. The molecule has 4 rings (SSSR count). The number of H-pyrrole nitrogens is 1. The number of aromatic amines is 1. The van der Waals surface area contributed by atoms with Crippen LogP contribution in [0.15, 0.2) is 46.9 Å². The summed E-state index contributed by atoms with van der Waals surface area (Å²) in [7, 11) is 0. The van der Waals surface area contributed by atoms with Crippen molar-refractivity contribution in [3.05, 3.63) is 74.6 Å². The van der Waals surface area contributed by atoms with Crippen LogP contribution in [0.3, 0.4) is 0 Å². The molecule has 6 nitrogen and oxygen atoms in total. The first kappa shape index (κ1) is 20.2. The quantitative estimate of drug-likeness (QED) is 0.785. The van der Waals surface area contributed by atoms with Crippen LogP contribution in [0.2, 0.25) is 5.02 Å². The average Bonchev–Trinajstić information content (AvgIpc) is 2.95. The molecule has 0 radical (unpaired) electrons. The Balaban J connectivity index is 1.32. The number of carbonyl (C=O) groups excluding carboxylic acids is 1. The van der Waals surface area contributed by atoms with Gasteiger partial charge < -0.3 is 20.1 Å². The van der Waals surface area contributed by atoms with E-state index in [9.17, 15) is 14.0 Å². The molecular formula is C22H22ClFN4O2.